The summed E-state index contributed by atoms with van der Waals surface area (Å²) in [4.78, 5) is 25.6. The molecule has 124 valence electrons. The molecule has 0 aliphatic heterocycles. The Hall–Kier alpha value is -1.06. The zero-order valence-electron chi connectivity index (χ0n) is 14.2. The van der Waals surface area contributed by atoms with Crippen molar-refractivity contribution in [2.24, 2.45) is 22.2 Å². The van der Waals surface area contributed by atoms with Gasteiger partial charge in [-0.2, -0.15) is 0 Å². The summed E-state index contributed by atoms with van der Waals surface area (Å²) < 4.78 is 0. The van der Waals surface area contributed by atoms with E-state index < -0.39 is 5.97 Å². The Morgan fingerprint density at radius 2 is 1.68 bits per heavy atom. The van der Waals surface area contributed by atoms with Gasteiger partial charge in [-0.3, -0.25) is 9.59 Å². The molecule has 4 nitrogen and oxygen atoms in total. The number of carboxylic acid groups (broad SMARTS) is 1. The smallest absolute Gasteiger partial charge is 0.303 e. The Balaban J connectivity index is 1.73. The lowest BCUT2D eigenvalue weighted by Crippen LogP contribution is -2.60. The van der Waals surface area contributed by atoms with Crippen molar-refractivity contribution in [1.82, 2.24) is 4.90 Å². The third-order valence-corrected chi connectivity index (χ3v) is 6.31. The lowest BCUT2D eigenvalue weighted by molar-refractivity contribution is -0.178. The van der Waals surface area contributed by atoms with E-state index in [1.54, 1.807) is 0 Å². The molecule has 1 N–H and O–H groups in total. The van der Waals surface area contributed by atoms with Gasteiger partial charge < -0.3 is 10.0 Å². The SMILES string of the molecule is CN(CCCC(=O)O)C(=O)C12CC3CC(C)(CC(C)(C3)C1)C2. The highest BCUT2D eigenvalue weighted by Gasteiger charge is 2.63. The normalized spacial score (nSPS) is 42.4. The fourth-order valence-corrected chi connectivity index (χ4v) is 6.66. The maximum Gasteiger partial charge on any atom is 0.303 e. The van der Waals surface area contributed by atoms with Gasteiger partial charge in [-0.1, -0.05) is 13.8 Å². The number of rotatable bonds is 5. The summed E-state index contributed by atoms with van der Waals surface area (Å²) in [6.45, 7) is 5.31. The minimum atomic E-state index is -0.782. The Kier molecular flexibility index (Phi) is 3.57. The van der Waals surface area contributed by atoms with E-state index in [0.29, 0.717) is 29.7 Å². The summed E-state index contributed by atoms with van der Waals surface area (Å²) in [5, 5.41) is 8.76. The quantitative estimate of drug-likeness (QED) is 0.848. The van der Waals surface area contributed by atoms with E-state index in [-0.39, 0.29) is 17.7 Å². The van der Waals surface area contributed by atoms with Gasteiger partial charge in [-0.15, -0.1) is 0 Å². The molecule has 0 aromatic heterocycles. The maximum absolute atomic E-state index is 13.1. The van der Waals surface area contributed by atoms with E-state index >= 15 is 0 Å². The summed E-state index contributed by atoms with van der Waals surface area (Å²) in [5.74, 6) is 0.206. The van der Waals surface area contributed by atoms with Gasteiger partial charge in [0.25, 0.3) is 0 Å². The van der Waals surface area contributed by atoms with Gasteiger partial charge in [0, 0.05) is 20.0 Å². The molecule has 4 aliphatic carbocycles. The summed E-state index contributed by atoms with van der Waals surface area (Å²) in [7, 11) is 1.85. The largest absolute Gasteiger partial charge is 0.481 e. The predicted molar refractivity (Wildman–Crippen MR) is 84.3 cm³/mol. The molecule has 1 amide bonds. The second kappa shape index (κ2) is 4.97. The Bertz CT molecular complexity index is 483. The van der Waals surface area contributed by atoms with Crippen molar-refractivity contribution in [2.75, 3.05) is 13.6 Å². The first-order valence-electron chi connectivity index (χ1n) is 8.63. The number of carbonyl (C=O) groups is 2. The van der Waals surface area contributed by atoms with Crippen molar-refractivity contribution >= 4 is 11.9 Å². The molecule has 0 heterocycles. The van der Waals surface area contributed by atoms with Crippen LogP contribution in [0, 0.1) is 22.2 Å². The van der Waals surface area contributed by atoms with Gasteiger partial charge in [-0.05, 0) is 61.7 Å². The Labute approximate surface area is 133 Å². The van der Waals surface area contributed by atoms with Gasteiger partial charge in [-0.25, -0.2) is 0 Å². The van der Waals surface area contributed by atoms with Crippen LogP contribution in [0.25, 0.3) is 0 Å². The fraction of sp³-hybridized carbons (Fsp3) is 0.889. The minimum Gasteiger partial charge on any atom is -0.481 e. The van der Waals surface area contributed by atoms with Crippen LogP contribution < -0.4 is 0 Å². The van der Waals surface area contributed by atoms with Crippen molar-refractivity contribution in [3.8, 4) is 0 Å². The van der Waals surface area contributed by atoms with E-state index in [4.69, 9.17) is 5.11 Å². The van der Waals surface area contributed by atoms with Crippen molar-refractivity contribution in [2.45, 2.75) is 65.2 Å². The summed E-state index contributed by atoms with van der Waals surface area (Å²) in [6, 6.07) is 0. The van der Waals surface area contributed by atoms with E-state index in [9.17, 15) is 9.59 Å². The molecule has 0 aromatic rings. The van der Waals surface area contributed by atoms with E-state index in [2.05, 4.69) is 13.8 Å². The monoisotopic (exact) mass is 307 g/mol. The average Bonchev–Trinajstić information content (AvgIpc) is 2.32. The predicted octanol–water partition coefficient (Wildman–Crippen LogP) is 3.31. The summed E-state index contributed by atoms with van der Waals surface area (Å²) >= 11 is 0. The van der Waals surface area contributed by atoms with Crippen LogP contribution in [-0.4, -0.2) is 35.5 Å². The standard InChI is InChI=1S/C18H29NO3/c1-16-7-13-8-17(2,10-16)12-18(9-13,11-16)15(22)19(3)6-4-5-14(20)21/h13H,4-12H2,1-3H3,(H,20,21). The van der Waals surface area contributed by atoms with Crippen LogP contribution in [0.15, 0.2) is 0 Å². The van der Waals surface area contributed by atoms with Crippen molar-refractivity contribution in [3.05, 3.63) is 0 Å². The van der Waals surface area contributed by atoms with Gasteiger partial charge >= 0.3 is 5.97 Å². The highest BCUT2D eigenvalue weighted by atomic mass is 16.4. The molecule has 4 saturated carbocycles. The molecule has 2 unspecified atom stereocenters. The highest BCUT2D eigenvalue weighted by Crippen LogP contribution is 2.69. The second-order valence-corrected chi connectivity index (χ2v) is 9.13. The van der Waals surface area contributed by atoms with Crippen molar-refractivity contribution < 1.29 is 14.7 Å². The van der Waals surface area contributed by atoms with Gasteiger partial charge in [0.05, 0.1) is 5.41 Å². The van der Waals surface area contributed by atoms with Crippen LogP contribution in [0.1, 0.15) is 65.2 Å². The molecule has 4 bridgehead atoms. The van der Waals surface area contributed by atoms with Gasteiger partial charge in [0.2, 0.25) is 5.91 Å². The van der Waals surface area contributed by atoms with Crippen LogP contribution in [0.5, 0.6) is 0 Å². The molecule has 0 radical (unpaired) electrons. The molecule has 0 aromatic carbocycles. The molecule has 0 saturated heterocycles. The highest BCUT2D eigenvalue weighted by molar-refractivity contribution is 5.83. The molecule has 4 aliphatic rings. The topological polar surface area (TPSA) is 57.6 Å². The average molecular weight is 307 g/mol. The van der Waals surface area contributed by atoms with Crippen molar-refractivity contribution in [1.29, 1.82) is 0 Å². The van der Waals surface area contributed by atoms with E-state index in [1.165, 1.54) is 19.3 Å². The number of carboxylic acids is 1. The third kappa shape index (κ3) is 2.65. The second-order valence-electron chi connectivity index (χ2n) is 9.13. The summed E-state index contributed by atoms with van der Waals surface area (Å²) in [5.41, 5.74) is 0.512. The molecule has 0 spiro atoms. The zero-order chi connectivity index (χ0) is 16.2. The van der Waals surface area contributed by atoms with Crippen LogP contribution in [0.2, 0.25) is 0 Å². The van der Waals surface area contributed by atoms with Crippen molar-refractivity contribution in [3.63, 3.8) is 0 Å². The van der Waals surface area contributed by atoms with Crippen LogP contribution >= 0.6 is 0 Å². The van der Waals surface area contributed by atoms with E-state index in [1.807, 2.05) is 11.9 Å². The first-order chi connectivity index (χ1) is 10.2. The molecular formula is C18H29NO3. The van der Waals surface area contributed by atoms with Gasteiger partial charge in [0.1, 0.15) is 0 Å². The Morgan fingerprint density at radius 3 is 2.18 bits per heavy atom. The van der Waals surface area contributed by atoms with Crippen LogP contribution in [0.4, 0.5) is 0 Å². The first kappa shape index (κ1) is 15.8. The number of carbonyl (C=O) groups excluding carboxylic acids is 1. The summed E-state index contributed by atoms with van der Waals surface area (Å²) in [6.07, 6.45) is 7.67. The molecule has 4 heteroatoms. The van der Waals surface area contributed by atoms with Gasteiger partial charge in [0.15, 0.2) is 0 Å². The molecule has 4 rings (SSSR count). The third-order valence-electron chi connectivity index (χ3n) is 6.31. The molecular weight excluding hydrogens is 278 g/mol. The van der Waals surface area contributed by atoms with Crippen LogP contribution in [-0.2, 0) is 9.59 Å². The number of amides is 1. The molecule has 2 atom stereocenters. The number of aliphatic carboxylic acids is 1. The number of hydrogen-bond donors (Lipinski definition) is 1. The maximum atomic E-state index is 13.1. The van der Waals surface area contributed by atoms with E-state index in [0.717, 1.165) is 19.3 Å². The Morgan fingerprint density at radius 1 is 1.09 bits per heavy atom. The molecule has 4 fully saturated rings. The number of hydrogen-bond acceptors (Lipinski definition) is 2. The first-order valence-corrected chi connectivity index (χ1v) is 8.63. The molecule has 22 heavy (non-hydrogen) atoms. The lowest BCUT2D eigenvalue weighted by Gasteiger charge is -2.65. The fourth-order valence-electron chi connectivity index (χ4n) is 6.66. The minimum absolute atomic E-state index is 0.142. The zero-order valence-corrected chi connectivity index (χ0v) is 14.2. The van der Waals surface area contributed by atoms with Crippen LogP contribution in [0.3, 0.4) is 0 Å². The number of nitrogens with zero attached hydrogens (tertiary/aromatic N) is 1. The lowest BCUT2D eigenvalue weighted by atomic mass is 9.40.